The molecule has 0 bridgehead atoms. The lowest BCUT2D eigenvalue weighted by Gasteiger charge is -2.31. The molecule has 0 amide bonds. The minimum Gasteiger partial charge on any atom is -0.493 e. The lowest BCUT2D eigenvalue weighted by Crippen LogP contribution is -2.29. The summed E-state index contributed by atoms with van der Waals surface area (Å²) in [7, 11) is 4.85. The summed E-state index contributed by atoms with van der Waals surface area (Å²) in [4.78, 5) is 29.2. The predicted octanol–water partition coefficient (Wildman–Crippen LogP) is 1.89. The number of benzene rings is 1. The van der Waals surface area contributed by atoms with Crippen molar-refractivity contribution in [3.63, 3.8) is 0 Å². The van der Waals surface area contributed by atoms with Crippen LogP contribution >= 0.6 is 0 Å². The van der Waals surface area contributed by atoms with E-state index in [0.29, 0.717) is 43.4 Å². The van der Waals surface area contributed by atoms with E-state index in [-0.39, 0.29) is 11.6 Å². The van der Waals surface area contributed by atoms with Crippen molar-refractivity contribution in [1.29, 1.82) is 0 Å². The smallest absolute Gasteiger partial charge is 0.341 e. The molecule has 1 unspecified atom stereocenters. The summed E-state index contributed by atoms with van der Waals surface area (Å²) in [6.45, 7) is 1.37. The second-order valence-corrected chi connectivity index (χ2v) is 6.88. The maximum Gasteiger partial charge on any atom is 0.341 e. The van der Waals surface area contributed by atoms with Crippen LogP contribution in [0.4, 0.5) is 0 Å². The van der Waals surface area contributed by atoms with E-state index in [0.717, 1.165) is 17.5 Å². The van der Waals surface area contributed by atoms with E-state index in [1.807, 2.05) is 12.1 Å². The fourth-order valence-electron chi connectivity index (χ4n) is 3.57. The highest BCUT2D eigenvalue weighted by Crippen LogP contribution is 2.41. The zero-order valence-corrected chi connectivity index (χ0v) is 17.3. The van der Waals surface area contributed by atoms with Crippen LogP contribution in [0.1, 0.15) is 28.4 Å². The number of pyridine rings is 1. The molecule has 0 saturated heterocycles. The lowest BCUT2D eigenvalue weighted by molar-refractivity contribution is 0.0339. The summed E-state index contributed by atoms with van der Waals surface area (Å²) in [5.74, 6) is -0.109. The summed E-state index contributed by atoms with van der Waals surface area (Å²) < 4.78 is 18.2. The number of fused-ring (bicyclic) bond motifs is 3. The SMILES string of the molecule is CNOCC1Cc2cc(OCCCOC)c(OC)cc2-c2cc(=O)c(C(=O)O)cn21. The molecule has 162 valence electrons. The van der Waals surface area contributed by atoms with Crippen molar-refractivity contribution in [2.75, 3.05) is 41.1 Å². The Morgan fingerprint density at radius 1 is 1.23 bits per heavy atom. The van der Waals surface area contributed by atoms with Gasteiger partial charge in [0.05, 0.1) is 32.1 Å². The molecule has 1 aliphatic rings. The third-order valence-corrected chi connectivity index (χ3v) is 4.99. The molecule has 1 aliphatic heterocycles. The Bertz CT molecular complexity index is 971. The van der Waals surface area contributed by atoms with Gasteiger partial charge in [0, 0.05) is 45.0 Å². The number of carboxylic acid groups (broad SMARTS) is 1. The number of rotatable bonds is 10. The molecule has 9 heteroatoms. The van der Waals surface area contributed by atoms with Gasteiger partial charge in [0.15, 0.2) is 16.9 Å². The minimum atomic E-state index is -1.26. The summed E-state index contributed by atoms with van der Waals surface area (Å²) in [5.41, 5.74) is 4.19. The van der Waals surface area contributed by atoms with E-state index in [2.05, 4.69) is 5.48 Å². The molecule has 1 aromatic heterocycles. The number of aromatic carboxylic acids is 1. The van der Waals surface area contributed by atoms with Gasteiger partial charge in [-0.2, -0.15) is 0 Å². The standard InChI is InChI=1S/C21H26N2O7/c1-22-30-12-14-7-13-8-20(29-6-4-5-27-2)19(28-3)9-15(13)17-10-18(24)16(21(25)26)11-23(14)17/h8-11,14,22H,4-7,12H2,1-3H3,(H,25,26). The van der Waals surface area contributed by atoms with Crippen LogP contribution in [0.3, 0.4) is 0 Å². The van der Waals surface area contributed by atoms with Crippen molar-refractivity contribution >= 4 is 5.97 Å². The monoisotopic (exact) mass is 418 g/mol. The highest BCUT2D eigenvalue weighted by molar-refractivity contribution is 5.87. The van der Waals surface area contributed by atoms with E-state index in [4.69, 9.17) is 19.0 Å². The molecule has 0 radical (unpaired) electrons. The minimum absolute atomic E-state index is 0.201. The van der Waals surface area contributed by atoms with Gasteiger partial charge in [-0.15, -0.1) is 0 Å². The highest BCUT2D eigenvalue weighted by atomic mass is 16.6. The van der Waals surface area contributed by atoms with Gasteiger partial charge in [0.25, 0.3) is 0 Å². The highest BCUT2D eigenvalue weighted by Gasteiger charge is 2.28. The summed E-state index contributed by atoms with van der Waals surface area (Å²) in [6, 6.07) is 4.88. The number of nitrogens with zero attached hydrogens (tertiary/aromatic N) is 1. The van der Waals surface area contributed by atoms with E-state index in [9.17, 15) is 14.7 Å². The number of hydrogen-bond acceptors (Lipinski definition) is 7. The normalized spacial score (nSPS) is 14.7. The molecule has 3 rings (SSSR count). The maximum atomic E-state index is 12.4. The van der Waals surface area contributed by atoms with Gasteiger partial charge in [-0.25, -0.2) is 10.3 Å². The molecule has 0 aliphatic carbocycles. The fourth-order valence-corrected chi connectivity index (χ4v) is 3.57. The number of methoxy groups -OCH3 is 2. The van der Waals surface area contributed by atoms with Crippen molar-refractivity contribution in [3.8, 4) is 22.8 Å². The average molecular weight is 418 g/mol. The number of nitrogens with one attached hydrogen (secondary N) is 1. The largest absolute Gasteiger partial charge is 0.493 e. The summed E-state index contributed by atoms with van der Waals surface area (Å²) in [5, 5.41) is 9.36. The number of hydrogen-bond donors (Lipinski definition) is 2. The Kier molecular flexibility index (Phi) is 7.09. The molecule has 2 N–H and O–H groups in total. The van der Waals surface area contributed by atoms with E-state index >= 15 is 0 Å². The third-order valence-electron chi connectivity index (χ3n) is 4.99. The van der Waals surface area contributed by atoms with Gasteiger partial charge in [0.2, 0.25) is 0 Å². The van der Waals surface area contributed by atoms with Crippen molar-refractivity contribution in [1.82, 2.24) is 10.0 Å². The molecule has 0 saturated carbocycles. The maximum absolute atomic E-state index is 12.4. The van der Waals surface area contributed by atoms with Crippen LogP contribution < -0.4 is 20.4 Å². The first-order valence-corrected chi connectivity index (χ1v) is 9.61. The number of hydroxylamine groups is 1. The topological polar surface area (TPSA) is 108 Å². The van der Waals surface area contributed by atoms with Crippen LogP contribution in [0.25, 0.3) is 11.3 Å². The Morgan fingerprint density at radius 2 is 2.03 bits per heavy atom. The molecule has 1 aromatic carbocycles. The molecular formula is C21H26N2O7. The van der Waals surface area contributed by atoms with Crippen LogP contribution in [-0.2, 0) is 16.0 Å². The van der Waals surface area contributed by atoms with Crippen molar-refractivity contribution < 1.29 is 28.9 Å². The van der Waals surface area contributed by atoms with E-state index < -0.39 is 11.4 Å². The lowest BCUT2D eigenvalue weighted by atomic mass is 9.92. The van der Waals surface area contributed by atoms with Gasteiger partial charge in [-0.3, -0.25) is 9.63 Å². The molecule has 0 spiro atoms. The van der Waals surface area contributed by atoms with Gasteiger partial charge in [0.1, 0.15) is 5.56 Å². The van der Waals surface area contributed by atoms with Gasteiger partial charge in [-0.05, 0) is 24.1 Å². The predicted molar refractivity (Wildman–Crippen MR) is 109 cm³/mol. The van der Waals surface area contributed by atoms with Gasteiger partial charge in [-0.1, -0.05) is 0 Å². The average Bonchev–Trinajstić information content (AvgIpc) is 2.73. The number of carboxylic acids is 1. The second kappa shape index (κ2) is 9.75. The second-order valence-electron chi connectivity index (χ2n) is 6.88. The molecule has 2 heterocycles. The Labute approximate surface area is 174 Å². The van der Waals surface area contributed by atoms with Crippen LogP contribution in [0, 0.1) is 0 Å². The number of aromatic nitrogens is 1. The molecule has 30 heavy (non-hydrogen) atoms. The molecule has 0 fully saturated rings. The molecule has 9 nitrogen and oxygen atoms in total. The van der Waals surface area contributed by atoms with Crippen LogP contribution in [0.5, 0.6) is 11.5 Å². The van der Waals surface area contributed by atoms with Crippen LogP contribution in [0.2, 0.25) is 0 Å². The Morgan fingerprint density at radius 3 is 2.70 bits per heavy atom. The molecule has 2 aromatic rings. The third kappa shape index (κ3) is 4.48. The zero-order chi connectivity index (χ0) is 21.7. The molecule has 1 atom stereocenters. The summed E-state index contributed by atoms with van der Waals surface area (Å²) >= 11 is 0. The van der Waals surface area contributed by atoms with Crippen molar-refractivity contribution in [2.24, 2.45) is 0 Å². The summed E-state index contributed by atoms with van der Waals surface area (Å²) in [6.07, 6.45) is 2.70. The van der Waals surface area contributed by atoms with Crippen molar-refractivity contribution in [3.05, 3.63) is 45.7 Å². The van der Waals surface area contributed by atoms with E-state index in [1.54, 1.807) is 25.8 Å². The Balaban J connectivity index is 2.06. The van der Waals surface area contributed by atoms with Crippen molar-refractivity contribution in [2.45, 2.75) is 18.9 Å². The van der Waals surface area contributed by atoms with Gasteiger partial charge >= 0.3 is 5.97 Å². The first-order chi connectivity index (χ1) is 14.5. The fraction of sp³-hybridized carbons (Fsp3) is 0.429. The van der Waals surface area contributed by atoms with Crippen LogP contribution in [0.15, 0.2) is 29.2 Å². The number of ether oxygens (including phenoxy) is 3. The first kappa shape index (κ1) is 21.8. The first-order valence-electron chi connectivity index (χ1n) is 9.61. The zero-order valence-electron chi connectivity index (χ0n) is 17.3. The van der Waals surface area contributed by atoms with Gasteiger partial charge < -0.3 is 23.9 Å². The quantitative estimate of drug-likeness (QED) is 0.445. The molecular weight excluding hydrogens is 392 g/mol. The van der Waals surface area contributed by atoms with Crippen LogP contribution in [-0.4, -0.2) is 56.7 Å². The van der Waals surface area contributed by atoms with E-state index in [1.165, 1.54) is 12.3 Å². The Hall–Kier alpha value is -2.88. The number of carbonyl (C=O) groups is 1.